The van der Waals surface area contributed by atoms with Gasteiger partial charge in [-0.25, -0.2) is 4.39 Å². The first kappa shape index (κ1) is 16.4. The van der Waals surface area contributed by atoms with Crippen molar-refractivity contribution in [2.24, 2.45) is 0 Å². The number of allylic oxidation sites excluding steroid dienone is 2. The van der Waals surface area contributed by atoms with E-state index in [9.17, 15) is 4.39 Å². The van der Waals surface area contributed by atoms with Crippen molar-refractivity contribution in [3.8, 4) is 0 Å². The lowest BCUT2D eigenvalue weighted by Crippen LogP contribution is -2.50. The molecule has 0 aliphatic carbocycles. The van der Waals surface area contributed by atoms with Crippen molar-refractivity contribution in [3.05, 3.63) is 74.3 Å². The van der Waals surface area contributed by atoms with E-state index in [-0.39, 0.29) is 9.22 Å². The molecule has 0 saturated heterocycles. The van der Waals surface area contributed by atoms with Crippen LogP contribution < -0.4 is 0 Å². The number of aromatic nitrogens is 1. The van der Waals surface area contributed by atoms with Crippen molar-refractivity contribution >= 4 is 65.0 Å². The minimum Gasteiger partial charge on any atom is -0.389 e. The third kappa shape index (κ3) is 2.17. The second-order valence-electron chi connectivity index (χ2n) is 5.41. The van der Waals surface area contributed by atoms with E-state index in [0.717, 1.165) is 8.96 Å². The zero-order chi connectivity index (χ0) is 17.2. The second kappa shape index (κ2) is 5.47. The highest BCUT2D eigenvalue weighted by Crippen LogP contribution is 2.42. The normalized spacial score (nSPS) is 18.2. The van der Waals surface area contributed by atoms with Crippen LogP contribution in [0, 0.1) is 5.82 Å². The molecule has 2 aliphatic rings. The maximum Gasteiger partial charge on any atom is 0.738 e. The summed E-state index contributed by atoms with van der Waals surface area (Å²) >= 11 is 9.50. The first-order valence-electron chi connectivity index (χ1n) is 6.91. The number of fused-ring (bicyclic) bond motifs is 2. The Bertz CT molecular complexity index is 992. The molecule has 4 rings (SSSR count). The summed E-state index contributed by atoms with van der Waals surface area (Å²) in [7, 11) is 0. The summed E-state index contributed by atoms with van der Waals surface area (Å²) in [6.07, 6.45) is 3.18. The summed E-state index contributed by atoms with van der Waals surface area (Å²) in [4.78, 5) is 0. The second-order valence-corrected chi connectivity index (χ2v) is 7.89. The van der Waals surface area contributed by atoms with Crippen molar-refractivity contribution < 1.29 is 17.5 Å². The Labute approximate surface area is 160 Å². The van der Waals surface area contributed by atoms with Gasteiger partial charge in [-0.15, -0.1) is 0 Å². The fourth-order valence-electron chi connectivity index (χ4n) is 3.08. The van der Waals surface area contributed by atoms with Crippen LogP contribution in [0.2, 0.25) is 0 Å². The summed E-state index contributed by atoms with van der Waals surface area (Å²) in [5, 5.41) is 0. The molecule has 2 nitrogen and oxygen atoms in total. The maximum atomic E-state index is 15.0. The highest BCUT2D eigenvalue weighted by molar-refractivity contribution is 9.18. The number of nitrogens with zero attached hydrogens (tertiary/aromatic N) is 2. The Balaban J connectivity index is 2.10. The molecule has 9 heteroatoms. The van der Waals surface area contributed by atoms with Gasteiger partial charge in [0.1, 0.15) is 5.82 Å². The van der Waals surface area contributed by atoms with E-state index in [0.29, 0.717) is 27.0 Å². The molecule has 0 fully saturated rings. The average Bonchev–Trinajstić information content (AvgIpc) is 3.08. The Hall–Kier alpha value is -1.06. The molecule has 2 aliphatic heterocycles. The molecular formula is C15H7BBr3F3N2. The molecule has 0 saturated carbocycles. The maximum absolute atomic E-state index is 15.0. The number of halogens is 6. The van der Waals surface area contributed by atoms with Crippen LogP contribution in [0.15, 0.2) is 57.3 Å². The predicted octanol–water partition coefficient (Wildman–Crippen LogP) is 5.52. The molecule has 0 bridgehead atoms. The van der Waals surface area contributed by atoms with Crippen molar-refractivity contribution in [2.75, 3.05) is 0 Å². The third-order valence-electron chi connectivity index (χ3n) is 4.08. The van der Waals surface area contributed by atoms with Gasteiger partial charge in [0.05, 0.1) is 14.6 Å². The first-order valence-corrected chi connectivity index (χ1v) is 9.29. The first-order chi connectivity index (χ1) is 11.3. The van der Waals surface area contributed by atoms with Gasteiger partial charge in [0.2, 0.25) is 4.62 Å². The number of hydrogen-bond donors (Lipinski definition) is 0. The van der Waals surface area contributed by atoms with E-state index in [2.05, 4.69) is 47.8 Å². The van der Waals surface area contributed by atoms with Crippen molar-refractivity contribution in [1.82, 2.24) is 4.48 Å². The van der Waals surface area contributed by atoms with Crippen molar-refractivity contribution in [3.63, 3.8) is 0 Å². The molecule has 1 aromatic heterocycles. The number of rotatable bonds is 1. The average molecular weight is 523 g/mol. The van der Waals surface area contributed by atoms with Gasteiger partial charge in [-0.1, -0.05) is 6.07 Å². The summed E-state index contributed by atoms with van der Waals surface area (Å²) in [6.45, 7) is -4.06. The van der Waals surface area contributed by atoms with Crippen LogP contribution in [-0.4, -0.2) is 20.6 Å². The molecule has 0 spiro atoms. The molecule has 24 heavy (non-hydrogen) atoms. The quantitative estimate of drug-likeness (QED) is 0.436. The van der Waals surface area contributed by atoms with E-state index >= 15 is 8.63 Å². The van der Waals surface area contributed by atoms with Crippen LogP contribution in [0.3, 0.4) is 0 Å². The molecule has 0 N–H and O–H groups in total. The zero-order valence-electron chi connectivity index (χ0n) is 11.8. The van der Waals surface area contributed by atoms with E-state index in [4.69, 9.17) is 0 Å². The van der Waals surface area contributed by atoms with Crippen LogP contribution in [0.5, 0.6) is 0 Å². The Kier molecular flexibility index (Phi) is 3.74. The summed E-state index contributed by atoms with van der Waals surface area (Å²) in [5.41, 5.74) is 1.75. The van der Waals surface area contributed by atoms with Gasteiger partial charge in [-0.2, -0.15) is 0 Å². The van der Waals surface area contributed by atoms with E-state index < -0.39 is 12.8 Å². The Morgan fingerprint density at radius 2 is 1.75 bits per heavy atom. The van der Waals surface area contributed by atoms with Gasteiger partial charge in [0.25, 0.3) is 0 Å². The van der Waals surface area contributed by atoms with Gasteiger partial charge < -0.3 is 17.6 Å². The van der Waals surface area contributed by atoms with Gasteiger partial charge >= 0.3 is 6.97 Å². The lowest BCUT2D eigenvalue weighted by atomic mass is 9.86. The van der Waals surface area contributed by atoms with Crippen LogP contribution >= 0.6 is 47.8 Å². The van der Waals surface area contributed by atoms with Gasteiger partial charge in [-0.05, 0) is 61.7 Å². The molecule has 0 radical (unpaired) electrons. The number of benzene rings is 1. The van der Waals surface area contributed by atoms with Crippen molar-refractivity contribution in [1.29, 1.82) is 0 Å². The molecule has 1 aromatic carbocycles. The fraction of sp³-hybridized carbons (Fsp3) is 0. The molecule has 0 unspecified atom stereocenters. The van der Waals surface area contributed by atoms with E-state index in [1.54, 1.807) is 36.4 Å². The van der Waals surface area contributed by atoms with Crippen molar-refractivity contribution in [2.45, 2.75) is 0 Å². The number of hydrogen-bond acceptors (Lipinski definition) is 0. The molecule has 0 amide bonds. The monoisotopic (exact) mass is 520 g/mol. The topological polar surface area (TPSA) is 7.94 Å². The van der Waals surface area contributed by atoms with Crippen LogP contribution in [0.1, 0.15) is 11.3 Å². The lowest BCUT2D eigenvalue weighted by molar-refractivity contribution is -0.358. The largest absolute Gasteiger partial charge is 0.738 e. The SMILES string of the molecule is Fc1cc(C2=C3C=CC(Br)=[N+]3[B-](F)(F)n3c(Br)ccc32)ccc1Br. The van der Waals surface area contributed by atoms with Gasteiger partial charge in [0, 0.05) is 33.8 Å². The lowest BCUT2D eigenvalue weighted by Gasteiger charge is -2.32. The highest BCUT2D eigenvalue weighted by atomic mass is 79.9. The molecule has 0 atom stereocenters. The standard InChI is InChI=1S/C15H7BBr3F3N2/c17-9-2-1-8(7-10(9)20)15-11-3-5-13(18)23(11)16(21,22)24-12(15)4-6-14(24)19/h1-7H. The minimum atomic E-state index is -4.06. The highest BCUT2D eigenvalue weighted by Gasteiger charge is 2.54. The van der Waals surface area contributed by atoms with Crippen LogP contribution in [-0.2, 0) is 0 Å². The van der Waals surface area contributed by atoms with E-state index in [1.807, 2.05) is 0 Å². The van der Waals surface area contributed by atoms with Gasteiger partial charge in [0.15, 0.2) is 5.70 Å². The smallest absolute Gasteiger partial charge is 0.389 e. The molecular weight excluding hydrogens is 516 g/mol. The minimum absolute atomic E-state index is 0.267. The Morgan fingerprint density at radius 3 is 2.46 bits per heavy atom. The van der Waals surface area contributed by atoms with E-state index in [1.165, 1.54) is 6.07 Å². The molecule has 3 heterocycles. The fourth-order valence-corrected chi connectivity index (χ4v) is 4.47. The molecule has 2 aromatic rings. The van der Waals surface area contributed by atoms with Gasteiger partial charge in [-0.3, -0.25) is 0 Å². The summed E-state index contributed by atoms with van der Waals surface area (Å²) in [6, 6.07) is 7.79. The molecule has 122 valence electrons. The predicted molar refractivity (Wildman–Crippen MR) is 99.0 cm³/mol. The zero-order valence-corrected chi connectivity index (χ0v) is 16.5. The van der Waals surface area contributed by atoms with Crippen LogP contribution in [0.25, 0.3) is 5.57 Å². The third-order valence-corrected chi connectivity index (χ3v) is 6.01. The summed E-state index contributed by atoms with van der Waals surface area (Å²) in [5.74, 6) is -0.447. The Morgan fingerprint density at radius 1 is 1.00 bits per heavy atom. The van der Waals surface area contributed by atoms with Crippen LogP contribution in [0.4, 0.5) is 13.0 Å². The summed E-state index contributed by atoms with van der Waals surface area (Å²) < 4.78 is 46.9.